The van der Waals surface area contributed by atoms with Crippen LogP contribution in [0.3, 0.4) is 0 Å². The molecule has 7 heteroatoms. The average molecular weight is 274 g/mol. The van der Waals surface area contributed by atoms with Crippen molar-refractivity contribution in [2.24, 2.45) is 7.05 Å². The molecule has 2 aromatic heterocycles. The van der Waals surface area contributed by atoms with E-state index in [0.29, 0.717) is 12.1 Å². The fraction of sp³-hybridized carbons (Fsp3) is 0.231. The lowest BCUT2D eigenvalue weighted by Crippen LogP contribution is -2.14. The van der Waals surface area contributed by atoms with Gasteiger partial charge in [0.05, 0.1) is 16.9 Å². The third-order valence-electron chi connectivity index (χ3n) is 2.73. The van der Waals surface area contributed by atoms with E-state index in [-0.39, 0.29) is 11.3 Å². The van der Waals surface area contributed by atoms with Gasteiger partial charge < -0.3 is 10.4 Å². The highest BCUT2D eigenvalue weighted by molar-refractivity contribution is 6.03. The number of hydrogen-bond acceptors (Lipinski definition) is 4. The molecule has 0 fully saturated rings. The summed E-state index contributed by atoms with van der Waals surface area (Å²) in [6, 6.07) is 2.72. The van der Waals surface area contributed by atoms with Crippen LogP contribution in [-0.2, 0) is 13.5 Å². The number of aromatic carboxylic acids is 1. The Morgan fingerprint density at radius 1 is 1.40 bits per heavy atom. The lowest BCUT2D eigenvalue weighted by Gasteiger charge is -2.03. The Labute approximate surface area is 115 Å². The van der Waals surface area contributed by atoms with Gasteiger partial charge in [-0.25, -0.2) is 4.79 Å². The second-order valence-electron chi connectivity index (χ2n) is 4.21. The molecular weight excluding hydrogens is 260 g/mol. The summed E-state index contributed by atoms with van der Waals surface area (Å²) in [6.07, 6.45) is 3.56. The molecule has 0 saturated heterocycles. The molecule has 0 bridgehead atoms. The Morgan fingerprint density at radius 3 is 2.70 bits per heavy atom. The standard InChI is InChI=1S/C13H14N4O3/c1-3-9-11(7-17(2)16-9)15-12(18)10-5-4-8(6-14-10)13(19)20/h4-7H,3H2,1-2H3,(H,15,18)(H,19,20). The number of nitrogens with zero attached hydrogens (tertiary/aromatic N) is 3. The molecule has 0 aromatic carbocycles. The minimum Gasteiger partial charge on any atom is -0.478 e. The van der Waals surface area contributed by atoms with Crippen molar-refractivity contribution in [3.8, 4) is 0 Å². The van der Waals surface area contributed by atoms with Crippen LogP contribution in [0.5, 0.6) is 0 Å². The van der Waals surface area contributed by atoms with Crippen molar-refractivity contribution in [3.05, 3.63) is 41.5 Å². The first-order valence-electron chi connectivity index (χ1n) is 6.04. The highest BCUT2D eigenvalue weighted by atomic mass is 16.4. The van der Waals surface area contributed by atoms with Crippen LogP contribution < -0.4 is 5.32 Å². The molecule has 7 nitrogen and oxygen atoms in total. The third-order valence-corrected chi connectivity index (χ3v) is 2.73. The van der Waals surface area contributed by atoms with Crippen molar-refractivity contribution in [2.45, 2.75) is 13.3 Å². The van der Waals surface area contributed by atoms with Gasteiger partial charge in [0.2, 0.25) is 0 Å². The number of aromatic nitrogens is 3. The number of aryl methyl sites for hydroxylation is 2. The average Bonchev–Trinajstić information content (AvgIpc) is 2.78. The van der Waals surface area contributed by atoms with E-state index in [1.165, 1.54) is 12.1 Å². The van der Waals surface area contributed by atoms with E-state index < -0.39 is 11.9 Å². The fourth-order valence-electron chi connectivity index (χ4n) is 1.74. The predicted molar refractivity (Wildman–Crippen MR) is 71.7 cm³/mol. The topological polar surface area (TPSA) is 97.1 Å². The molecule has 1 amide bonds. The minimum atomic E-state index is -1.08. The van der Waals surface area contributed by atoms with Crippen LogP contribution in [0, 0.1) is 0 Å². The molecular formula is C13H14N4O3. The zero-order valence-corrected chi connectivity index (χ0v) is 11.1. The van der Waals surface area contributed by atoms with Gasteiger partial charge in [-0.3, -0.25) is 14.5 Å². The van der Waals surface area contributed by atoms with Crippen LogP contribution in [0.1, 0.15) is 33.5 Å². The van der Waals surface area contributed by atoms with Crippen LogP contribution in [0.15, 0.2) is 24.5 Å². The second kappa shape index (κ2) is 5.52. The Bertz CT molecular complexity index is 646. The smallest absolute Gasteiger partial charge is 0.337 e. The van der Waals surface area contributed by atoms with Crippen LogP contribution in [0.2, 0.25) is 0 Å². The van der Waals surface area contributed by atoms with E-state index in [9.17, 15) is 9.59 Å². The Morgan fingerprint density at radius 2 is 2.15 bits per heavy atom. The molecule has 0 unspecified atom stereocenters. The lowest BCUT2D eigenvalue weighted by atomic mass is 10.2. The minimum absolute atomic E-state index is 0.0391. The Hall–Kier alpha value is -2.70. The van der Waals surface area contributed by atoms with Crippen molar-refractivity contribution in [1.29, 1.82) is 0 Å². The second-order valence-corrected chi connectivity index (χ2v) is 4.21. The van der Waals surface area contributed by atoms with Gasteiger partial charge >= 0.3 is 5.97 Å². The molecule has 2 N–H and O–H groups in total. The number of carboxylic acids is 1. The number of rotatable bonds is 4. The number of pyridine rings is 1. The zero-order valence-electron chi connectivity index (χ0n) is 11.1. The number of anilines is 1. The highest BCUT2D eigenvalue weighted by Gasteiger charge is 2.13. The summed E-state index contributed by atoms with van der Waals surface area (Å²) in [7, 11) is 1.77. The van der Waals surface area contributed by atoms with Gasteiger partial charge in [0.15, 0.2) is 0 Å². The number of amides is 1. The Kier molecular flexibility index (Phi) is 3.79. The first-order valence-corrected chi connectivity index (χ1v) is 6.04. The van der Waals surface area contributed by atoms with E-state index >= 15 is 0 Å². The largest absolute Gasteiger partial charge is 0.478 e. The summed E-state index contributed by atoms with van der Waals surface area (Å²) in [4.78, 5) is 26.6. The normalized spacial score (nSPS) is 10.3. The van der Waals surface area contributed by atoms with Gasteiger partial charge in [0, 0.05) is 19.4 Å². The van der Waals surface area contributed by atoms with Gasteiger partial charge in [-0.15, -0.1) is 0 Å². The number of carboxylic acid groups (broad SMARTS) is 1. The van der Waals surface area contributed by atoms with Gasteiger partial charge in [0.1, 0.15) is 5.69 Å². The van der Waals surface area contributed by atoms with Gasteiger partial charge in [-0.1, -0.05) is 6.92 Å². The summed E-state index contributed by atoms with van der Waals surface area (Å²) in [5.41, 5.74) is 1.60. The van der Waals surface area contributed by atoms with Crippen molar-refractivity contribution < 1.29 is 14.7 Å². The van der Waals surface area contributed by atoms with Crippen molar-refractivity contribution in [2.75, 3.05) is 5.32 Å². The van der Waals surface area contributed by atoms with E-state index in [2.05, 4.69) is 15.4 Å². The Balaban J connectivity index is 2.17. The zero-order chi connectivity index (χ0) is 14.7. The monoisotopic (exact) mass is 274 g/mol. The molecule has 0 saturated carbocycles. The molecule has 0 aliphatic rings. The summed E-state index contributed by atoms with van der Waals surface area (Å²) >= 11 is 0. The third kappa shape index (κ3) is 2.82. The molecule has 20 heavy (non-hydrogen) atoms. The molecule has 0 radical (unpaired) electrons. The van der Waals surface area contributed by atoms with Crippen LogP contribution in [0.25, 0.3) is 0 Å². The maximum absolute atomic E-state index is 12.0. The van der Waals surface area contributed by atoms with Crippen LogP contribution >= 0.6 is 0 Å². The van der Waals surface area contributed by atoms with Gasteiger partial charge in [0.25, 0.3) is 5.91 Å². The predicted octanol–water partition coefficient (Wildman–Crippen LogP) is 1.33. The van der Waals surface area contributed by atoms with Crippen molar-refractivity contribution in [3.63, 3.8) is 0 Å². The quantitative estimate of drug-likeness (QED) is 0.876. The molecule has 104 valence electrons. The number of carbonyl (C=O) groups excluding carboxylic acids is 1. The van der Waals surface area contributed by atoms with Crippen molar-refractivity contribution in [1.82, 2.24) is 14.8 Å². The molecule has 0 atom stereocenters. The van der Waals surface area contributed by atoms with E-state index in [0.717, 1.165) is 11.9 Å². The molecule has 2 heterocycles. The molecule has 2 rings (SSSR count). The summed E-state index contributed by atoms with van der Waals surface area (Å²) in [5.74, 6) is -1.48. The fourth-order valence-corrected chi connectivity index (χ4v) is 1.74. The maximum Gasteiger partial charge on any atom is 0.337 e. The van der Waals surface area contributed by atoms with E-state index in [4.69, 9.17) is 5.11 Å². The molecule has 0 aliphatic heterocycles. The number of hydrogen-bond donors (Lipinski definition) is 2. The van der Waals surface area contributed by atoms with Gasteiger partial charge in [-0.2, -0.15) is 5.10 Å². The molecule has 0 aliphatic carbocycles. The van der Waals surface area contributed by atoms with Crippen molar-refractivity contribution >= 4 is 17.6 Å². The highest BCUT2D eigenvalue weighted by Crippen LogP contribution is 2.14. The first-order chi connectivity index (χ1) is 9.51. The maximum atomic E-state index is 12.0. The summed E-state index contributed by atoms with van der Waals surface area (Å²) < 4.78 is 1.62. The lowest BCUT2D eigenvalue weighted by molar-refractivity contribution is 0.0696. The van der Waals surface area contributed by atoms with E-state index in [1.54, 1.807) is 17.9 Å². The number of carbonyl (C=O) groups is 2. The molecule has 2 aromatic rings. The molecule has 0 spiro atoms. The summed E-state index contributed by atoms with van der Waals surface area (Å²) in [6.45, 7) is 1.94. The van der Waals surface area contributed by atoms with E-state index in [1.807, 2.05) is 6.92 Å². The first kappa shape index (κ1) is 13.7. The number of nitrogens with one attached hydrogen (secondary N) is 1. The van der Waals surface area contributed by atoms with Crippen LogP contribution in [-0.4, -0.2) is 31.7 Å². The van der Waals surface area contributed by atoms with Crippen LogP contribution in [0.4, 0.5) is 5.69 Å². The van der Waals surface area contributed by atoms with Gasteiger partial charge in [-0.05, 0) is 18.6 Å². The SMILES string of the molecule is CCc1nn(C)cc1NC(=O)c1ccc(C(=O)O)cn1. The summed E-state index contributed by atoms with van der Waals surface area (Å²) in [5, 5.41) is 15.7.